The van der Waals surface area contributed by atoms with Crippen molar-refractivity contribution in [3.63, 3.8) is 0 Å². The normalized spacial score (nSPS) is 16.0. The van der Waals surface area contributed by atoms with E-state index < -0.39 is 6.04 Å². The highest BCUT2D eigenvalue weighted by molar-refractivity contribution is 6.42. The Morgan fingerprint density at radius 2 is 1.55 bits per heavy atom. The molecule has 4 nitrogen and oxygen atoms in total. The number of nitrogens with zero attached hydrogens (tertiary/aromatic N) is 2. The Kier molecular flexibility index (Phi) is 5.31. The van der Waals surface area contributed by atoms with E-state index in [1.54, 1.807) is 41.0 Å². The monoisotopic (exact) mass is 424 g/mol. The van der Waals surface area contributed by atoms with Gasteiger partial charge in [-0.3, -0.25) is 14.5 Å². The highest BCUT2D eigenvalue weighted by Crippen LogP contribution is 2.38. The molecule has 1 aliphatic rings. The topological polar surface area (TPSA) is 40.6 Å². The highest BCUT2D eigenvalue weighted by Gasteiger charge is 2.38. The van der Waals surface area contributed by atoms with Gasteiger partial charge in [0.1, 0.15) is 6.04 Å². The van der Waals surface area contributed by atoms with Crippen molar-refractivity contribution in [2.24, 2.45) is 0 Å². The first kappa shape index (κ1) is 19.5. The molecular formula is C23H18Cl2N2O2. The first-order valence-corrected chi connectivity index (χ1v) is 9.96. The highest BCUT2D eigenvalue weighted by atomic mass is 35.5. The van der Waals surface area contributed by atoms with E-state index in [0.29, 0.717) is 33.5 Å². The minimum Gasteiger partial charge on any atom is -0.304 e. The van der Waals surface area contributed by atoms with Gasteiger partial charge in [-0.1, -0.05) is 59.6 Å². The number of carbonyl (C=O) groups is 2. The van der Waals surface area contributed by atoms with Crippen molar-refractivity contribution in [2.45, 2.75) is 19.5 Å². The van der Waals surface area contributed by atoms with Crippen LogP contribution in [0.3, 0.4) is 0 Å². The molecule has 3 aromatic rings. The van der Waals surface area contributed by atoms with Gasteiger partial charge in [-0.2, -0.15) is 0 Å². The fourth-order valence-electron chi connectivity index (χ4n) is 3.55. The molecule has 0 bridgehead atoms. The molecule has 0 spiro atoms. The summed E-state index contributed by atoms with van der Waals surface area (Å²) in [5, 5.41) is 0.907. The van der Waals surface area contributed by atoms with Gasteiger partial charge in [-0.05, 0) is 48.9 Å². The van der Waals surface area contributed by atoms with Crippen molar-refractivity contribution in [1.82, 2.24) is 0 Å². The van der Waals surface area contributed by atoms with Crippen LogP contribution in [0.15, 0.2) is 72.8 Å². The number of hydrogen-bond acceptors (Lipinski definition) is 2. The van der Waals surface area contributed by atoms with Crippen molar-refractivity contribution in [3.8, 4) is 0 Å². The van der Waals surface area contributed by atoms with Crippen LogP contribution in [-0.2, 0) is 11.3 Å². The lowest BCUT2D eigenvalue weighted by Gasteiger charge is -2.40. The lowest BCUT2D eigenvalue weighted by atomic mass is 10.0. The van der Waals surface area contributed by atoms with E-state index in [0.717, 1.165) is 5.56 Å². The van der Waals surface area contributed by atoms with Crippen LogP contribution in [0.5, 0.6) is 0 Å². The van der Waals surface area contributed by atoms with E-state index in [1.165, 1.54) is 0 Å². The summed E-state index contributed by atoms with van der Waals surface area (Å²) in [5.74, 6) is -0.354. The summed E-state index contributed by atoms with van der Waals surface area (Å²) in [6.45, 7) is 2.09. The first-order valence-electron chi connectivity index (χ1n) is 9.20. The number of hydrogen-bond donors (Lipinski definition) is 0. The summed E-state index contributed by atoms with van der Waals surface area (Å²) in [4.78, 5) is 29.7. The Balaban J connectivity index is 1.74. The molecule has 1 aliphatic heterocycles. The number of benzene rings is 3. The second-order valence-electron chi connectivity index (χ2n) is 6.88. The fraction of sp³-hybridized carbons (Fsp3) is 0.130. The van der Waals surface area contributed by atoms with Crippen LogP contribution in [0.1, 0.15) is 22.8 Å². The minimum atomic E-state index is -0.639. The van der Waals surface area contributed by atoms with Crippen LogP contribution in [0.2, 0.25) is 10.0 Å². The molecule has 0 saturated heterocycles. The Labute approximate surface area is 179 Å². The van der Waals surface area contributed by atoms with E-state index >= 15 is 0 Å². The molecule has 146 valence electrons. The van der Waals surface area contributed by atoms with Gasteiger partial charge >= 0.3 is 0 Å². The number of fused-ring (bicyclic) bond motifs is 1. The third kappa shape index (κ3) is 3.61. The molecule has 3 aromatic carbocycles. The average molecular weight is 425 g/mol. The number of halogens is 2. The smallest absolute Gasteiger partial charge is 0.259 e. The lowest BCUT2D eigenvalue weighted by molar-refractivity contribution is -0.119. The Morgan fingerprint density at radius 1 is 0.897 bits per heavy atom. The lowest BCUT2D eigenvalue weighted by Crippen LogP contribution is -2.54. The molecule has 0 saturated carbocycles. The summed E-state index contributed by atoms with van der Waals surface area (Å²) in [5.41, 5.74) is 2.79. The van der Waals surface area contributed by atoms with Gasteiger partial charge in [0.2, 0.25) is 5.91 Å². The largest absolute Gasteiger partial charge is 0.304 e. The number of anilines is 2. The van der Waals surface area contributed by atoms with Gasteiger partial charge in [-0.15, -0.1) is 0 Å². The maximum atomic E-state index is 13.3. The Morgan fingerprint density at radius 3 is 2.24 bits per heavy atom. The Hall–Kier alpha value is -2.82. The molecule has 0 unspecified atom stereocenters. The summed E-state index contributed by atoms with van der Waals surface area (Å²) in [6, 6.07) is 21.1. The van der Waals surface area contributed by atoms with Crippen molar-refractivity contribution in [2.75, 3.05) is 9.80 Å². The second-order valence-corrected chi connectivity index (χ2v) is 7.69. The molecule has 1 heterocycles. The van der Waals surface area contributed by atoms with Crippen molar-refractivity contribution >= 4 is 46.4 Å². The molecule has 2 amide bonds. The summed E-state index contributed by atoms with van der Waals surface area (Å²) in [6.07, 6.45) is 0. The van der Waals surface area contributed by atoms with Crippen LogP contribution in [0, 0.1) is 0 Å². The molecule has 29 heavy (non-hydrogen) atoms. The van der Waals surface area contributed by atoms with Gasteiger partial charge in [0, 0.05) is 5.56 Å². The zero-order valence-corrected chi connectivity index (χ0v) is 17.2. The SMILES string of the molecule is C[C@H]1C(=O)N(Cc2ccc(Cl)c(Cl)c2)c2ccccc2N1C(=O)c1ccccc1. The zero-order valence-electron chi connectivity index (χ0n) is 15.7. The van der Waals surface area contributed by atoms with Crippen molar-refractivity contribution < 1.29 is 9.59 Å². The minimum absolute atomic E-state index is 0.154. The fourth-order valence-corrected chi connectivity index (χ4v) is 3.87. The number of carbonyl (C=O) groups excluding carboxylic acids is 2. The van der Waals surface area contributed by atoms with Gasteiger partial charge in [-0.25, -0.2) is 0 Å². The van der Waals surface area contributed by atoms with Crippen LogP contribution < -0.4 is 9.80 Å². The molecule has 4 rings (SSSR count). The van der Waals surface area contributed by atoms with Crippen LogP contribution >= 0.6 is 23.2 Å². The first-order chi connectivity index (χ1) is 14.0. The van der Waals surface area contributed by atoms with E-state index in [9.17, 15) is 9.59 Å². The van der Waals surface area contributed by atoms with Crippen molar-refractivity contribution in [1.29, 1.82) is 0 Å². The van der Waals surface area contributed by atoms with E-state index in [-0.39, 0.29) is 11.8 Å². The predicted molar refractivity (Wildman–Crippen MR) is 117 cm³/mol. The average Bonchev–Trinajstić information content (AvgIpc) is 2.74. The van der Waals surface area contributed by atoms with E-state index in [1.807, 2.05) is 48.5 Å². The van der Waals surface area contributed by atoms with Crippen molar-refractivity contribution in [3.05, 3.63) is 94.0 Å². The molecule has 0 N–H and O–H groups in total. The third-order valence-electron chi connectivity index (χ3n) is 5.01. The molecule has 0 aliphatic carbocycles. The predicted octanol–water partition coefficient (Wildman–Crippen LogP) is 5.58. The molecule has 0 aromatic heterocycles. The third-order valence-corrected chi connectivity index (χ3v) is 5.75. The molecule has 6 heteroatoms. The molecule has 0 fully saturated rings. The summed E-state index contributed by atoms with van der Waals surface area (Å²) >= 11 is 12.2. The quantitative estimate of drug-likeness (QED) is 0.550. The number of para-hydroxylation sites is 2. The standard InChI is InChI=1S/C23H18Cl2N2O2/c1-15-22(28)26(14-16-11-12-18(24)19(25)13-16)20-9-5-6-10-21(20)27(15)23(29)17-7-3-2-4-8-17/h2-13,15H,14H2,1H3/t15-/m0/s1. The Bertz CT molecular complexity index is 1090. The second kappa shape index (κ2) is 7.90. The molecular weight excluding hydrogens is 407 g/mol. The van der Waals surface area contributed by atoms with Crippen LogP contribution in [0.25, 0.3) is 0 Å². The maximum Gasteiger partial charge on any atom is 0.259 e. The summed E-state index contributed by atoms with van der Waals surface area (Å²) in [7, 11) is 0. The van der Waals surface area contributed by atoms with E-state index in [4.69, 9.17) is 23.2 Å². The summed E-state index contributed by atoms with van der Waals surface area (Å²) < 4.78 is 0. The van der Waals surface area contributed by atoms with Crippen LogP contribution in [0.4, 0.5) is 11.4 Å². The maximum absolute atomic E-state index is 13.3. The molecule has 0 radical (unpaired) electrons. The van der Waals surface area contributed by atoms with Gasteiger partial charge in [0.25, 0.3) is 5.91 Å². The van der Waals surface area contributed by atoms with E-state index in [2.05, 4.69) is 0 Å². The number of rotatable bonds is 3. The van der Waals surface area contributed by atoms with Gasteiger partial charge < -0.3 is 4.90 Å². The van der Waals surface area contributed by atoms with Gasteiger partial charge in [0.05, 0.1) is 28.0 Å². The molecule has 1 atom stereocenters. The van der Waals surface area contributed by atoms with Gasteiger partial charge in [0.15, 0.2) is 0 Å². The van der Waals surface area contributed by atoms with Crippen LogP contribution in [-0.4, -0.2) is 17.9 Å². The zero-order chi connectivity index (χ0) is 20.5. The number of amides is 2.